The van der Waals surface area contributed by atoms with Gasteiger partial charge in [0, 0.05) is 18.0 Å². The first kappa shape index (κ1) is 21.0. The van der Waals surface area contributed by atoms with E-state index in [4.69, 9.17) is 23.3 Å². The van der Waals surface area contributed by atoms with E-state index in [0.29, 0.717) is 34.2 Å². The summed E-state index contributed by atoms with van der Waals surface area (Å²) in [6.45, 7) is 3.75. The van der Waals surface area contributed by atoms with Crippen molar-refractivity contribution in [2.45, 2.75) is 27.1 Å². The third-order valence-electron chi connectivity index (χ3n) is 4.67. The van der Waals surface area contributed by atoms with Crippen molar-refractivity contribution in [2.75, 3.05) is 7.11 Å². The van der Waals surface area contributed by atoms with Gasteiger partial charge >= 0.3 is 5.97 Å². The van der Waals surface area contributed by atoms with Gasteiger partial charge in [0.1, 0.15) is 12.4 Å². The summed E-state index contributed by atoms with van der Waals surface area (Å²) in [5.74, 6) is 1.52. The standard InChI is InChI=1S/C22H20N4O6/c1-13-17(14(2)31-25-13)11-29-18-7-6-15(9-19(18)28-3)22(27)30-12-20-24-21(26-32-20)16-5-4-8-23-10-16/h4-10H,11-12H2,1-3H3. The maximum absolute atomic E-state index is 12.5. The molecule has 0 amide bonds. The van der Waals surface area contributed by atoms with Crippen molar-refractivity contribution in [1.29, 1.82) is 0 Å². The Morgan fingerprint density at radius 3 is 2.66 bits per heavy atom. The molecule has 0 bridgehead atoms. The van der Waals surface area contributed by atoms with E-state index in [-0.39, 0.29) is 19.1 Å². The molecule has 0 atom stereocenters. The van der Waals surface area contributed by atoms with Crippen LogP contribution in [0.3, 0.4) is 0 Å². The third kappa shape index (κ3) is 4.59. The van der Waals surface area contributed by atoms with Crippen LogP contribution in [0.25, 0.3) is 11.4 Å². The molecule has 164 valence electrons. The second-order valence-electron chi connectivity index (χ2n) is 6.79. The van der Waals surface area contributed by atoms with E-state index in [2.05, 4.69) is 20.3 Å². The van der Waals surface area contributed by atoms with E-state index in [1.54, 1.807) is 42.7 Å². The lowest BCUT2D eigenvalue weighted by Gasteiger charge is -2.12. The van der Waals surface area contributed by atoms with E-state index >= 15 is 0 Å². The molecule has 1 aromatic carbocycles. The highest BCUT2D eigenvalue weighted by Crippen LogP contribution is 2.30. The minimum absolute atomic E-state index is 0.168. The van der Waals surface area contributed by atoms with Crippen LogP contribution in [0, 0.1) is 13.8 Å². The number of hydrogen-bond donors (Lipinski definition) is 0. The smallest absolute Gasteiger partial charge is 0.338 e. The van der Waals surface area contributed by atoms with E-state index in [1.165, 1.54) is 7.11 Å². The summed E-state index contributed by atoms with van der Waals surface area (Å²) >= 11 is 0. The average molecular weight is 436 g/mol. The van der Waals surface area contributed by atoms with Crippen LogP contribution < -0.4 is 9.47 Å². The minimum Gasteiger partial charge on any atom is -0.493 e. The summed E-state index contributed by atoms with van der Waals surface area (Å²) in [6.07, 6.45) is 3.26. The number of aryl methyl sites for hydroxylation is 2. The predicted molar refractivity (Wildman–Crippen MR) is 110 cm³/mol. The van der Waals surface area contributed by atoms with Gasteiger partial charge in [0.2, 0.25) is 5.82 Å². The second-order valence-corrected chi connectivity index (χ2v) is 6.79. The SMILES string of the molecule is COc1cc(C(=O)OCc2nc(-c3cccnc3)no2)ccc1OCc1c(C)noc1C. The van der Waals surface area contributed by atoms with Gasteiger partial charge in [-0.05, 0) is 44.2 Å². The summed E-state index contributed by atoms with van der Waals surface area (Å²) in [7, 11) is 1.49. The first-order chi connectivity index (χ1) is 15.5. The summed E-state index contributed by atoms with van der Waals surface area (Å²) in [6, 6.07) is 8.33. The molecular formula is C22H20N4O6. The quantitative estimate of drug-likeness (QED) is 0.378. The highest BCUT2D eigenvalue weighted by molar-refractivity contribution is 5.90. The highest BCUT2D eigenvalue weighted by Gasteiger charge is 2.16. The number of rotatable bonds is 8. The fraction of sp³-hybridized carbons (Fsp3) is 0.227. The molecule has 0 aliphatic carbocycles. The van der Waals surface area contributed by atoms with Crippen molar-refractivity contribution in [2.24, 2.45) is 0 Å². The number of nitrogens with zero attached hydrogens (tertiary/aromatic N) is 4. The Morgan fingerprint density at radius 2 is 1.94 bits per heavy atom. The minimum atomic E-state index is -0.568. The lowest BCUT2D eigenvalue weighted by atomic mass is 10.2. The number of aromatic nitrogens is 4. The van der Waals surface area contributed by atoms with E-state index in [0.717, 1.165) is 11.3 Å². The summed E-state index contributed by atoms with van der Waals surface area (Å²) in [5, 5.41) is 7.77. The third-order valence-corrected chi connectivity index (χ3v) is 4.67. The Balaban J connectivity index is 1.39. The molecular weight excluding hydrogens is 416 g/mol. The van der Waals surface area contributed by atoms with Crippen LogP contribution >= 0.6 is 0 Å². The molecule has 0 saturated heterocycles. The lowest BCUT2D eigenvalue weighted by molar-refractivity contribution is 0.0429. The fourth-order valence-corrected chi connectivity index (χ4v) is 2.91. The maximum Gasteiger partial charge on any atom is 0.338 e. The zero-order chi connectivity index (χ0) is 22.5. The topological polar surface area (TPSA) is 123 Å². The number of methoxy groups -OCH3 is 1. The van der Waals surface area contributed by atoms with Crippen LogP contribution in [0.15, 0.2) is 51.8 Å². The summed E-state index contributed by atoms with van der Waals surface area (Å²) < 4.78 is 26.7. The molecule has 10 heteroatoms. The van der Waals surface area contributed by atoms with Crippen LogP contribution in [0.2, 0.25) is 0 Å². The van der Waals surface area contributed by atoms with Gasteiger partial charge in [-0.2, -0.15) is 4.98 Å². The zero-order valence-corrected chi connectivity index (χ0v) is 17.7. The van der Waals surface area contributed by atoms with Gasteiger partial charge in [-0.25, -0.2) is 4.79 Å². The van der Waals surface area contributed by atoms with Gasteiger partial charge < -0.3 is 23.3 Å². The van der Waals surface area contributed by atoms with Crippen molar-refractivity contribution in [3.8, 4) is 22.9 Å². The van der Waals surface area contributed by atoms with Gasteiger partial charge in [-0.15, -0.1) is 0 Å². The van der Waals surface area contributed by atoms with Crippen LogP contribution in [0.4, 0.5) is 0 Å². The Bertz CT molecular complexity index is 1200. The molecule has 3 heterocycles. The number of pyridine rings is 1. The highest BCUT2D eigenvalue weighted by atomic mass is 16.6. The summed E-state index contributed by atoms with van der Waals surface area (Å²) in [5.41, 5.74) is 2.61. The van der Waals surface area contributed by atoms with Gasteiger partial charge in [0.05, 0.1) is 23.9 Å². The molecule has 0 aliphatic heterocycles. The van der Waals surface area contributed by atoms with E-state index in [9.17, 15) is 4.79 Å². The lowest BCUT2D eigenvalue weighted by Crippen LogP contribution is -2.06. The van der Waals surface area contributed by atoms with E-state index < -0.39 is 5.97 Å². The number of benzene rings is 1. The molecule has 32 heavy (non-hydrogen) atoms. The van der Waals surface area contributed by atoms with Gasteiger partial charge in [0.15, 0.2) is 18.1 Å². The Kier molecular flexibility index (Phi) is 6.11. The fourth-order valence-electron chi connectivity index (χ4n) is 2.91. The largest absolute Gasteiger partial charge is 0.493 e. The molecule has 4 aromatic rings. The van der Waals surface area contributed by atoms with Crippen LogP contribution in [0.5, 0.6) is 11.5 Å². The predicted octanol–water partition coefficient (Wildman–Crippen LogP) is 3.68. The van der Waals surface area contributed by atoms with Crippen LogP contribution in [-0.2, 0) is 18.0 Å². The van der Waals surface area contributed by atoms with Crippen molar-refractivity contribution in [3.05, 3.63) is 71.2 Å². The number of carbonyl (C=O) groups excluding carboxylic acids is 1. The Labute approximate surface area is 183 Å². The number of hydrogen-bond acceptors (Lipinski definition) is 10. The molecule has 0 N–H and O–H groups in total. The van der Waals surface area contributed by atoms with Crippen LogP contribution in [0.1, 0.15) is 33.3 Å². The summed E-state index contributed by atoms with van der Waals surface area (Å²) in [4.78, 5) is 20.7. The molecule has 0 saturated carbocycles. The normalized spacial score (nSPS) is 10.7. The molecule has 0 radical (unpaired) electrons. The van der Waals surface area contributed by atoms with Gasteiger partial charge in [0.25, 0.3) is 5.89 Å². The Morgan fingerprint density at radius 1 is 1.06 bits per heavy atom. The molecule has 4 rings (SSSR count). The first-order valence-corrected chi connectivity index (χ1v) is 9.68. The monoisotopic (exact) mass is 436 g/mol. The molecule has 0 fully saturated rings. The number of carbonyl (C=O) groups is 1. The first-order valence-electron chi connectivity index (χ1n) is 9.68. The van der Waals surface area contributed by atoms with E-state index in [1.807, 2.05) is 13.8 Å². The number of esters is 1. The molecule has 10 nitrogen and oxygen atoms in total. The number of ether oxygens (including phenoxy) is 3. The van der Waals surface area contributed by atoms with Crippen molar-refractivity contribution in [1.82, 2.24) is 20.3 Å². The second kappa shape index (κ2) is 9.29. The van der Waals surface area contributed by atoms with Crippen molar-refractivity contribution < 1.29 is 28.1 Å². The van der Waals surface area contributed by atoms with Crippen molar-refractivity contribution in [3.63, 3.8) is 0 Å². The van der Waals surface area contributed by atoms with Crippen molar-refractivity contribution >= 4 is 5.97 Å². The molecule has 0 aliphatic rings. The zero-order valence-electron chi connectivity index (χ0n) is 17.7. The molecule has 3 aromatic heterocycles. The van der Waals surface area contributed by atoms with Gasteiger partial charge in [-0.3, -0.25) is 4.98 Å². The molecule has 0 unspecified atom stereocenters. The van der Waals surface area contributed by atoms with Gasteiger partial charge in [-0.1, -0.05) is 10.3 Å². The average Bonchev–Trinajstić information content (AvgIpc) is 3.43. The Hall–Kier alpha value is -4.21. The van der Waals surface area contributed by atoms with Crippen LogP contribution in [-0.4, -0.2) is 33.4 Å². The molecule has 0 spiro atoms. The maximum atomic E-state index is 12.5.